The van der Waals surface area contributed by atoms with Crippen LogP contribution < -0.4 is 20.1 Å². The number of hydrogen-bond acceptors (Lipinski definition) is 5. The molecule has 8 heteroatoms. The maximum atomic E-state index is 12.7. The SMILES string of the molecule is CC(C)COc1cc(OC(C)C)cc(C(=O)Nc2ccc(P(C)(=O)O)cn2)c1. The molecule has 0 spiro atoms. The summed E-state index contributed by atoms with van der Waals surface area (Å²) >= 11 is 0. The number of amides is 1. The Hall–Kier alpha value is -2.37. The standard InChI is InChI=1S/C20H27N2O5P/c1-13(2)12-26-16-8-15(9-17(10-16)27-14(3)4)20(23)22-19-7-6-18(11-21-19)28(5,24)25/h6-11,13-14H,12H2,1-5H3,(H,24,25)(H,21,22,23). The van der Waals surface area contributed by atoms with Gasteiger partial charge < -0.3 is 19.7 Å². The van der Waals surface area contributed by atoms with Crippen LogP contribution in [0.15, 0.2) is 36.5 Å². The van der Waals surface area contributed by atoms with E-state index in [0.717, 1.165) is 0 Å². The first-order valence-corrected chi connectivity index (χ1v) is 11.2. The summed E-state index contributed by atoms with van der Waals surface area (Å²) in [4.78, 5) is 26.3. The highest BCUT2D eigenvalue weighted by Gasteiger charge is 2.16. The molecule has 2 N–H and O–H groups in total. The monoisotopic (exact) mass is 406 g/mol. The first kappa shape index (κ1) is 21.9. The lowest BCUT2D eigenvalue weighted by atomic mass is 10.1. The Kier molecular flexibility index (Phi) is 7.22. The number of nitrogens with zero attached hydrogens (tertiary/aromatic N) is 1. The van der Waals surface area contributed by atoms with Gasteiger partial charge in [0.2, 0.25) is 7.37 Å². The number of carbonyl (C=O) groups is 1. The first-order chi connectivity index (χ1) is 13.0. The van der Waals surface area contributed by atoms with E-state index in [1.807, 2.05) is 27.7 Å². The Balaban J connectivity index is 2.22. The fraction of sp³-hybridized carbons (Fsp3) is 0.400. The van der Waals surface area contributed by atoms with E-state index in [1.165, 1.54) is 25.0 Å². The van der Waals surface area contributed by atoms with Gasteiger partial charge in [-0.15, -0.1) is 0 Å². The van der Waals surface area contributed by atoms with Crippen molar-refractivity contribution >= 4 is 24.4 Å². The van der Waals surface area contributed by atoms with Crippen LogP contribution in [0.25, 0.3) is 0 Å². The summed E-state index contributed by atoms with van der Waals surface area (Å²) in [6.45, 7) is 9.65. The highest BCUT2D eigenvalue weighted by atomic mass is 31.2. The van der Waals surface area contributed by atoms with Crippen LogP contribution in [0.5, 0.6) is 11.5 Å². The minimum atomic E-state index is -3.38. The molecule has 1 aromatic heterocycles. The molecule has 0 saturated heterocycles. The van der Waals surface area contributed by atoms with Crippen LogP contribution in [0, 0.1) is 5.92 Å². The number of nitrogens with one attached hydrogen (secondary N) is 1. The van der Waals surface area contributed by atoms with Crippen molar-refractivity contribution in [1.82, 2.24) is 4.98 Å². The molecule has 0 radical (unpaired) electrons. The molecule has 0 fully saturated rings. The second-order valence-electron chi connectivity index (χ2n) is 7.30. The zero-order valence-corrected chi connectivity index (χ0v) is 17.7. The molecule has 1 heterocycles. The average Bonchev–Trinajstić information content (AvgIpc) is 2.59. The molecule has 152 valence electrons. The predicted molar refractivity (Wildman–Crippen MR) is 110 cm³/mol. The van der Waals surface area contributed by atoms with Crippen molar-refractivity contribution in [1.29, 1.82) is 0 Å². The van der Waals surface area contributed by atoms with E-state index in [4.69, 9.17) is 9.47 Å². The van der Waals surface area contributed by atoms with Gasteiger partial charge in [0.25, 0.3) is 5.91 Å². The van der Waals surface area contributed by atoms with Gasteiger partial charge in [0.05, 0.1) is 18.0 Å². The largest absolute Gasteiger partial charge is 0.493 e. The Morgan fingerprint density at radius 1 is 1.18 bits per heavy atom. The van der Waals surface area contributed by atoms with E-state index in [-0.39, 0.29) is 23.1 Å². The van der Waals surface area contributed by atoms with E-state index in [0.29, 0.717) is 29.6 Å². The van der Waals surface area contributed by atoms with Gasteiger partial charge in [-0.1, -0.05) is 13.8 Å². The van der Waals surface area contributed by atoms with E-state index in [2.05, 4.69) is 10.3 Å². The number of ether oxygens (including phenoxy) is 2. The molecule has 28 heavy (non-hydrogen) atoms. The zero-order valence-electron chi connectivity index (χ0n) is 16.8. The molecule has 1 amide bonds. The summed E-state index contributed by atoms with van der Waals surface area (Å²) in [7, 11) is -3.38. The number of rotatable bonds is 8. The lowest BCUT2D eigenvalue weighted by Crippen LogP contribution is -2.15. The normalized spacial score (nSPS) is 13.3. The van der Waals surface area contributed by atoms with Gasteiger partial charge >= 0.3 is 0 Å². The molecule has 1 atom stereocenters. The molecular weight excluding hydrogens is 379 g/mol. The van der Waals surface area contributed by atoms with Gasteiger partial charge in [-0.2, -0.15) is 0 Å². The molecule has 2 rings (SSSR count). The molecule has 1 unspecified atom stereocenters. The van der Waals surface area contributed by atoms with Gasteiger partial charge in [-0.3, -0.25) is 9.36 Å². The summed E-state index contributed by atoms with van der Waals surface area (Å²) in [6, 6.07) is 8.00. The maximum absolute atomic E-state index is 12.7. The lowest BCUT2D eigenvalue weighted by molar-refractivity contribution is 0.102. The first-order valence-electron chi connectivity index (χ1n) is 9.07. The minimum Gasteiger partial charge on any atom is -0.493 e. The highest BCUT2D eigenvalue weighted by molar-refractivity contribution is 7.65. The third-order valence-electron chi connectivity index (χ3n) is 3.57. The van der Waals surface area contributed by atoms with Crippen molar-refractivity contribution in [2.24, 2.45) is 5.92 Å². The molecule has 0 aliphatic heterocycles. The van der Waals surface area contributed by atoms with Crippen LogP contribution in [0.3, 0.4) is 0 Å². The smallest absolute Gasteiger partial charge is 0.257 e. The zero-order chi connectivity index (χ0) is 20.9. The van der Waals surface area contributed by atoms with Crippen molar-refractivity contribution < 1.29 is 23.7 Å². The fourth-order valence-electron chi connectivity index (χ4n) is 2.28. The quantitative estimate of drug-likeness (QED) is 0.649. The molecular formula is C20H27N2O5P. The average molecular weight is 406 g/mol. The van der Waals surface area contributed by atoms with Gasteiger partial charge in [0.1, 0.15) is 17.3 Å². The van der Waals surface area contributed by atoms with E-state index in [9.17, 15) is 14.3 Å². The number of pyridine rings is 1. The summed E-state index contributed by atoms with van der Waals surface area (Å²) in [5, 5.41) is 2.90. The molecule has 0 bridgehead atoms. The molecule has 0 aliphatic carbocycles. The number of anilines is 1. The fourth-order valence-corrected chi connectivity index (χ4v) is 2.91. The molecule has 2 aromatic rings. The van der Waals surface area contributed by atoms with Crippen LogP contribution in [-0.4, -0.2) is 35.2 Å². The van der Waals surface area contributed by atoms with Crippen molar-refractivity contribution in [3.63, 3.8) is 0 Å². The number of hydrogen-bond donors (Lipinski definition) is 2. The van der Waals surface area contributed by atoms with E-state index < -0.39 is 7.37 Å². The Labute approximate surface area is 165 Å². The summed E-state index contributed by atoms with van der Waals surface area (Å²) in [5.74, 6) is 1.33. The molecule has 1 aromatic carbocycles. The summed E-state index contributed by atoms with van der Waals surface area (Å²) in [5.41, 5.74) is 0.367. The number of benzene rings is 1. The van der Waals surface area contributed by atoms with Gasteiger partial charge in [-0.05, 0) is 44.0 Å². The van der Waals surface area contributed by atoms with Gasteiger partial charge in [-0.25, -0.2) is 4.98 Å². The minimum absolute atomic E-state index is 0.0475. The highest BCUT2D eigenvalue weighted by Crippen LogP contribution is 2.33. The summed E-state index contributed by atoms with van der Waals surface area (Å²) in [6.07, 6.45) is 1.24. The van der Waals surface area contributed by atoms with Crippen LogP contribution in [0.4, 0.5) is 5.82 Å². The van der Waals surface area contributed by atoms with Crippen molar-refractivity contribution in [3.05, 3.63) is 42.1 Å². The maximum Gasteiger partial charge on any atom is 0.257 e. The number of carbonyl (C=O) groups excluding carboxylic acids is 1. The van der Waals surface area contributed by atoms with Crippen molar-refractivity contribution in [2.75, 3.05) is 18.6 Å². The van der Waals surface area contributed by atoms with Crippen LogP contribution in [0.1, 0.15) is 38.1 Å². The van der Waals surface area contributed by atoms with E-state index in [1.54, 1.807) is 18.2 Å². The Bertz CT molecular complexity index is 859. The van der Waals surface area contributed by atoms with Gasteiger partial charge in [0, 0.05) is 24.5 Å². The third kappa shape index (κ3) is 6.66. The van der Waals surface area contributed by atoms with Crippen LogP contribution in [-0.2, 0) is 4.57 Å². The summed E-state index contributed by atoms with van der Waals surface area (Å²) < 4.78 is 23.1. The molecule has 0 aliphatic rings. The second-order valence-corrected chi connectivity index (χ2v) is 9.57. The number of aromatic nitrogens is 1. The van der Waals surface area contributed by atoms with Crippen molar-refractivity contribution in [2.45, 2.75) is 33.8 Å². The lowest BCUT2D eigenvalue weighted by Gasteiger charge is -2.15. The van der Waals surface area contributed by atoms with Crippen molar-refractivity contribution in [3.8, 4) is 11.5 Å². The van der Waals surface area contributed by atoms with E-state index >= 15 is 0 Å². The van der Waals surface area contributed by atoms with Crippen LogP contribution >= 0.6 is 7.37 Å². The molecule has 7 nitrogen and oxygen atoms in total. The Morgan fingerprint density at radius 3 is 2.39 bits per heavy atom. The molecule has 0 saturated carbocycles. The van der Waals surface area contributed by atoms with Gasteiger partial charge in [0.15, 0.2) is 0 Å². The Morgan fingerprint density at radius 2 is 1.86 bits per heavy atom. The predicted octanol–water partition coefficient (Wildman–Crippen LogP) is 3.68. The topological polar surface area (TPSA) is 97.8 Å². The van der Waals surface area contributed by atoms with Crippen LogP contribution in [0.2, 0.25) is 0 Å². The second kappa shape index (κ2) is 9.22. The third-order valence-corrected chi connectivity index (χ3v) is 4.79.